The van der Waals surface area contributed by atoms with Crippen molar-refractivity contribution in [3.8, 4) is 0 Å². The number of carbonyl (C=O) groups is 1. The number of sulfonamides is 1. The molecule has 1 atom stereocenters. The quantitative estimate of drug-likeness (QED) is 0.748. The standard InChI is InChI=1S/C24H34N2O3S/c1-17-3-2-4-22(9-17)30(28,29)26-8-6-18(16-26)5-7-25-23(27)24-13-19-10-20(14-24)12-21(11-19)15-24/h2-4,9,18-21H,5-8,10-16H2,1H3,(H,25,27). The van der Waals surface area contributed by atoms with Gasteiger partial charge >= 0.3 is 0 Å². The van der Waals surface area contributed by atoms with Crippen molar-refractivity contribution >= 4 is 15.9 Å². The molecule has 0 spiro atoms. The molecule has 0 radical (unpaired) electrons. The predicted molar refractivity (Wildman–Crippen MR) is 116 cm³/mol. The Morgan fingerprint density at radius 3 is 2.43 bits per heavy atom. The van der Waals surface area contributed by atoms with Crippen LogP contribution in [0.5, 0.6) is 0 Å². The minimum absolute atomic E-state index is 0.0923. The zero-order chi connectivity index (χ0) is 20.9. The van der Waals surface area contributed by atoms with E-state index in [4.69, 9.17) is 0 Å². The lowest BCUT2D eigenvalue weighted by atomic mass is 9.49. The average molecular weight is 431 g/mol. The van der Waals surface area contributed by atoms with Gasteiger partial charge < -0.3 is 5.32 Å². The number of carbonyl (C=O) groups excluding carboxylic acids is 1. The lowest BCUT2D eigenvalue weighted by Gasteiger charge is -2.55. The van der Waals surface area contributed by atoms with E-state index >= 15 is 0 Å². The van der Waals surface area contributed by atoms with Crippen LogP contribution in [0.3, 0.4) is 0 Å². The molecule has 1 N–H and O–H groups in total. The Kier molecular flexibility index (Phi) is 5.21. The maximum absolute atomic E-state index is 13.1. The Balaban J connectivity index is 1.14. The molecule has 1 saturated heterocycles. The van der Waals surface area contributed by atoms with Crippen LogP contribution in [0.1, 0.15) is 56.9 Å². The molecule has 4 bridgehead atoms. The Labute approximate surface area is 180 Å². The van der Waals surface area contributed by atoms with Crippen LogP contribution in [0.2, 0.25) is 0 Å². The van der Waals surface area contributed by atoms with Crippen LogP contribution in [-0.2, 0) is 14.8 Å². The molecular weight excluding hydrogens is 396 g/mol. The molecule has 4 saturated carbocycles. The molecule has 6 rings (SSSR count). The van der Waals surface area contributed by atoms with Crippen LogP contribution < -0.4 is 5.32 Å². The summed E-state index contributed by atoms with van der Waals surface area (Å²) < 4.78 is 27.5. The van der Waals surface area contributed by atoms with E-state index in [1.807, 2.05) is 13.0 Å². The van der Waals surface area contributed by atoms with E-state index in [9.17, 15) is 13.2 Å². The van der Waals surface area contributed by atoms with Gasteiger partial charge in [0.1, 0.15) is 0 Å². The fourth-order valence-corrected chi connectivity index (χ4v) is 8.78. The second-order valence-corrected chi connectivity index (χ2v) is 12.5. The monoisotopic (exact) mass is 430 g/mol. The first kappa shape index (κ1) is 20.5. The largest absolute Gasteiger partial charge is 0.356 e. The zero-order valence-corrected chi connectivity index (χ0v) is 18.8. The zero-order valence-electron chi connectivity index (χ0n) is 18.0. The second-order valence-electron chi connectivity index (χ2n) is 10.6. The number of benzene rings is 1. The van der Waals surface area contributed by atoms with E-state index in [0.717, 1.165) is 55.4 Å². The third kappa shape index (κ3) is 3.70. The van der Waals surface area contributed by atoms with Gasteiger partial charge in [-0.25, -0.2) is 8.42 Å². The fourth-order valence-electron chi connectivity index (χ4n) is 7.14. The van der Waals surface area contributed by atoms with Crippen LogP contribution in [-0.4, -0.2) is 38.3 Å². The van der Waals surface area contributed by atoms with Crippen LogP contribution >= 0.6 is 0 Å². The summed E-state index contributed by atoms with van der Waals surface area (Å²) in [5.41, 5.74) is 0.865. The van der Waals surface area contributed by atoms with Crippen LogP contribution in [0.25, 0.3) is 0 Å². The summed E-state index contributed by atoms with van der Waals surface area (Å²) in [6, 6.07) is 7.14. The topological polar surface area (TPSA) is 66.5 Å². The molecule has 5 fully saturated rings. The van der Waals surface area contributed by atoms with Gasteiger partial charge in [0.25, 0.3) is 0 Å². The smallest absolute Gasteiger partial charge is 0.243 e. The molecule has 5 nitrogen and oxygen atoms in total. The molecule has 4 aliphatic carbocycles. The predicted octanol–water partition coefficient (Wildman–Crippen LogP) is 3.73. The van der Waals surface area contributed by atoms with Gasteiger partial charge in [-0.3, -0.25) is 4.79 Å². The van der Waals surface area contributed by atoms with Crippen molar-refractivity contribution in [2.45, 2.75) is 63.2 Å². The highest BCUT2D eigenvalue weighted by molar-refractivity contribution is 7.89. The van der Waals surface area contributed by atoms with E-state index < -0.39 is 10.0 Å². The fraction of sp³-hybridized carbons (Fsp3) is 0.708. The molecule has 30 heavy (non-hydrogen) atoms. The van der Waals surface area contributed by atoms with E-state index in [1.54, 1.807) is 22.5 Å². The third-order valence-corrected chi connectivity index (χ3v) is 10.1. The molecule has 164 valence electrons. The Hall–Kier alpha value is -1.40. The lowest BCUT2D eigenvalue weighted by Crippen LogP contribution is -2.53. The molecule has 0 aromatic heterocycles. The molecule has 1 aromatic rings. The van der Waals surface area contributed by atoms with Crippen LogP contribution in [0.4, 0.5) is 0 Å². The highest BCUT2D eigenvalue weighted by Gasteiger charge is 2.54. The molecule has 1 heterocycles. The van der Waals surface area contributed by atoms with Crippen LogP contribution in [0, 0.1) is 36.0 Å². The van der Waals surface area contributed by atoms with Crippen molar-refractivity contribution in [3.63, 3.8) is 0 Å². The van der Waals surface area contributed by atoms with E-state index in [2.05, 4.69) is 5.32 Å². The van der Waals surface area contributed by atoms with Crippen molar-refractivity contribution in [3.05, 3.63) is 29.8 Å². The van der Waals surface area contributed by atoms with Gasteiger partial charge in [-0.15, -0.1) is 0 Å². The van der Waals surface area contributed by atoms with Crippen molar-refractivity contribution in [2.75, 3.05) is 19.6 Å². The van der Waals surface area contributed by atoms with Crippen LogP contribution in [0.15, 0.2) is 29.2 Å². The van der Waals surface area contributed by atoms with E-state index in [-0.39, 0.29) is 11.3 Å². The highest BCUT2D eigenvalue weighted by atomic mass is 32.2. The minimum atomic E-state index is -3.42. The number of rotatable bonds is 6. The summed E-state index contributed by atoms with van der Waals surface area (Å²) in [5, 5.41) is 3.25. The van der Waals surface area contributed by atoms with Gasteiger partial charge in [0.2, 0.25) is 15.9 Å². The first-order chi connectivity index (χ1) is 14.3. The number of nitrogens with one attached hydrogen (secondary N) is 1. The maximum atomic E-state index is 13.1. The van der Waals surface area contributed by atoms with Crippen molar-refractivity contribution in [2.24, 2.45) is 29.1 Å². The van der Waals surface area contributed by atoms with Gasteiger partial charge in [-0.1, -0.05) is 12.1 Å². The molecule has 1 aromatic carbocycles. The Morgan fingerprint density at radius 2 is 1.80 bits per heavy atom. The van der Waals surface area contributed by atoms with E-state index in [1.165, 1.54) is 19.3 Å². The second kappa shape index (κ2) is 7.63. The van der Waals surface area contributed by atoms with Crippen molar-refractivity contribution in [1.82, 2.24) is 9.62 Å². The lowest BCUT2D eigenvalue weighted by molar-refractivity contribution is -0.146. The summed E-state index contributed by atoms with van der Waals surface area (Å²) in [6.45, 7) is 3.72. The van der Waals surface area contributed by atoms with Gasteiger partial charge in [0.15, 0.2) is 0 Å². The molecule has 6 heteroatoms. The Bertz CT molecular complexity index is 891. The van der Waals surface area contributed by atoms with Crippen molar-refractivity contribution < 1.29 is 13.2 Å². The normalized spacial score (nSPS) is 35.6. The number of hydrogen-bond acceptors (Lipinski definition) is 3. The van der Waals surface area contributed by atoms with E-state index in [0.29, 0.717) is 30.4 Å². The number of hydrogen-bond donors (Lipinski definition) is 1. The minimum Gasteiger partial charge on any atom is -0.356 e. The van der Waals surface area contributed by atoms with Gasteiger partial charge in [0.05, 0.1) is 4.90 Å². The first-order valence-corrected chi connectivity index (χ1v) is 13.1. The summed E-state index contributed by atoms with van der Waals surface area (Å²) in [6.07, 6.45) is 9.06. The number of amides is 1. The first-order valence-electron chi connectivity index (χ1n) is 11.7. The molecule has 1 unspecified atom stereocenters. The maximum Gasteiger partial charge on any atom is 0.243 e. The summed E-state index contributed by atoms with van der Waals surface area (Å²) in [5.74, 6) is 2.93. The number of aryl methyl sites for hydroxylation is 1. The van der Waals surface area contributed by atoms with Gasteiger partial charge in [-0.05, 0) is 99.7 Å². The Morgan fingerprint density at radius 1 is 1.13 bits per heavy atom. The van der Waals surface area contributed by atoms with Gasteiger partial charge in [-0.2, -0.15) is 4.31 Å². The molecular formula is C24H34N2O3S. The molecule has 1 aliphatic heterocycles. The third-order valence-electron chi connectivity index (χ3n) is 8.23. The summed E-state index contributed by atoms with van der Waals surface area (Å²) in [7, 11) is -3.42. The summed E-state index contributed by atoms with van der Waals surface area (Å²) in [4.78, 5) is 13.5. The highest BCUT2D eigenvalue weighted by Crippen LogP contribution is 2.60. The summed E-state index contributed by atoms with van der Waals surface area (Å²) >= 11 is 0. The molecule has 1 amide bonds. The molecule has 5 aliphatic rings. The van der Waals surface area contributed by atoms with Crippen molar-refractivity contribution in [1.29, 1.82) is 0 Å². The number of nitrogens with zero attached hydrogens (tertiary/aromatic N) is 1. The van der Waals surface area contributed by atoms with Gasteiger partial charge in [0, 0.05) is 25.0 Å². The average Bonchev–Trinajstić information content (AvgIpc) is 3.17. The SMILES string of the molecule is Cc1cccc(S(=O)(=O)N2CCC(CCNC(=O)C34CC5CC(CC(C5)C3)C4)C2)c1.